The van der Waals surface area contributed by atoms with E-state index >= 15 is 0 Å². The molecule has 0 radical (unpaired) electrons. The molecule has 0 atom stereocenters. The molecular formula is C16H10FN5S. The number of aromatic nitrogens is 5. The van der Waals surface area contributed by atoms with Crippen LogP contribution < -0.4 is 0 Å². The lowest BCUT2D eigenvalue weighted by Crippen LogP contribution is -1.90. The minimum absolute atomic E-state index is 0.248. The van der Waals surface area contributed by atoms with E-state index in [1.807, 2.05) is 24.3 Å². The zero-order chi connectivity index (χ0) is 15.6. The van der Waals surface area contributed by atoms with Crippen LogP contribution in [0.2, 0.25) is 0 Å². The molecule has 0 aliphatic rings. The molecule has 0 bridgehead atoms. The molecule has 0 unspecified atom stereocenters. The van der Waals surface area contributed by atoms with Crippen molar-refractivity contribution in [1.82, 2.24) is 24.8 Å². The number of benzene rings is 1. The molecule has 4 rings (SSSR count). The number of rotatable bonds is 3. The van der Waals surface area contributed by atoms with Gasteiger partial charge in [0.25, 0.3) is 0 Å². The van der Waals surface area contributed by atoms with Crippen LogP contribution in [0.4, 0.5) is 4.39 Å². The van der Waals surface area contributed by atoms with Crippen LogP contribution in [0.25, 0.3) is 28.5 Å². The van der Waals surface area contributed by atoms with Crippen molar-refractivity contribution in [3.63, 3.8) is 0 Å². The highest BCUT2D eigenvalue weighted by Crippen LogP contribution is 2.22. The van der Waals surface area contributed by atoms with Crippen LogP contribution in [0.1, 0.15) is 10.6 Å². The summed E-state index contributed by atoms with van der Waals surface area (Å²) in [4.78, 5) is 4.80. The molecule has 0 spiro atoms. The molecule has 3 heterocycles. The van der Waals surface area contributed by atoms with E-state index in [9.17, 15) is 4.39 Å². The average molecular weight is 323 g/mol. The zero-order valence-corrected chi connectivity index (χ0v) is 12.6. The number of nitrogens with zero attached hydrogens (tertiary/aromatic N) is 5. The molecule has 0 saturated heterocycles. The highest BCUT2D eigenvalue weighted by Gasteiger charge is 2.12. The van der Waals surface area contributed by atoms with E-state index in [0.29, 0.717) is 10.8 Å². The van der Waals surface area contributed by atoms with Crippen molar-refractivity contribution in [2.75, 3.05) is 0 Å². The summed E-state index contributed by atoms with van der Waals surface area (Å²) in [6.07, 6.45) is 7.19. The molecule has 7 heteroatoms. The summed E-state index contributed by atoms with van der Waals surface area (Å²) in [6, 6.07) is 10.0. The summed E-state index contributed by atoms with van der Waals surface area (Å²) in [5.41, 5.74) is 1.77. The van der Waals surface area contributed by atoms with Gasteiger partial charge in [0, 0.05) is 18.0 Å². The van der Waals surface area contributed by atoms with E-state index in [1.165, 1.54) is 23.5 Å². The monoisotopic (exact) mass is 323 g/mol. The SMILES string of the molecule is Fc1ccc(/C=C/c2nn3c(-c4cccnc4)nnc3s2)cc1. The normalized spacial score (nSPS) is 11.5. The molecule has 0 aliphatic heterocycles. The summed E-state index contributed by atoms with van der Waals surface area (Å²) in [5, 5.41) is 13.6. The molecule has 0 amide bonds. The third-order valence-electron chi connectivity index (χ3n) is 3.21. The lowest BCUT2D eigenvalue weighted by Gasteiger charge is -1.94. The number of pyridine rings is 1. The Hall–Kier alpha value is -2.93. The molecule has 0 saturated carbocycles. The van der Waals surface area contributed by atoms with Crippen LogP contribution >= 0.6 is 11.3 Å². The van der Waals surface area contributed by atoms with Gasteiger partial charge < -0.3 is 0 Å². The Labute approximate surface area is 134 Å². The highest BCUT2D eigenvalue weighted by molar-refractivity contribution is 7.17. The van der Waals surface area contributed by atoms with Crippen molar-refractivity contribution in [2.24, 2.45) is 0 Å². The van der Waals surface area contributed by atoms with Gasteiger partial charge in [0.2, 0.25) is 4.96 Å². The largest absolute Gasteiger partial charge is 0.264 e. The van der Waals surface area contributed by atoms with E-state index in [-0.39, 0.29) is 5.82 Å². The summed E-state index contributed by atoms with van der Waals surface area (Å²) in [7, 11) is 0. The first-order valence-electron chi connectivity index (χ1n) is 6.86. The standard InChI is InChI=1S/C16H10FN5S/c17-13-6-3-11(4-7-13)5-8-14-21-22-15(19-20-16(22)23-14)12-2-1-9-18-10-12/h1-10H/b8-5+. The van der Waals surface area contributed by atoms with E-state index in [0.717, 1.165) is 16.1 Å². The molecule has 0 fully saturated rings. The Bertz CT molecular complexity index is 973. The molecule has 0 N–H and O–H groups in total. The predicted molar refractivity (Wildman–Crippen MR) is 87.2 cm³/mol. The fourth-order valence-electron chi connectivity index (χ4n) is 2.12. The third-order valence-corrected chi connectivity index (χ3v) is 4.08. The minimum Gasteiger partial charge on any atom is -0.264 e. The smallest absolute Gasteiger partial charge is 0.235 e. The van der Waals surface area contributed by atoms with Gasteiger partial charge in [0.1, 0.15) is 10.8 Å². The van der Waals surface area contributed by atoms with Gasteiger partial charge in [0.15, 0.2) is 5.82 Å². The summed E-state index contributed by atoms with van der Waals surface area (Å²) in [5.74, 6) is 0.410. The Kier molecular flexibility index (Phi) is 3.39. The van der Waals surface area contributed by atoms with Crippen LogP contribution in [0.5, 0.6) is 0 Å². The van der Waals surface area contributed by atoms with E-state index in [1.54, 1.807) is 29.0 Å². The molecule has 112 valence electrons. The third kappa shape index (κ3) is 2.74. The van der Waals surface area contributed by atoms with Gasteiger partial charge in [-0.05, 0) is 35.9 Å². The zero-order valence-electron chi connectivity index (χ0n) is 11.8. The summed E-state index contributed by atoms with van der Waals surface area (Å²) >= 11 is 1.43. The van der Waals surface area contributed by atoms with Crippen molar-refractivity contribution in [3.8, 4) is 11.4 Å². The van der Waals surface area contributed by atoms with Crippen molar-refractivity contribution in [2.45, 2.75) is 0 Å². The molecular weight excluding hydrogens is 313 g/mol. The van der Waals surface area contributed by atoms with E-state index < -0.39 is 0 Å². The van der Waals surface area contributed by atoms with Crippen molar-refractivity contribution < 1.29 is 4.39 Å². The maximum atomic E-state index is 12.9. The lowest BCUT2D eigenvalue weighted by atomic mass is 10.2. The first-order chi connectivity index (χ1) is 11.3. The lowest BCUT2D eigenvalue weighted by molar-refractivity contribution is 0.628. The molecule has 5 nitrogen and oxygen atoms in total. The van der Waals surface area contributed by atoms with Gasteiger partial charge in [-0.2, -0.15) is 9.61 Å². The first-order valence-corrected chi connectivity index (χ1v) is 7.67. The van der Waals surface area contributed by atoms with Crippen LogP contribution in [0.3, 0.4) is 0 Å². The van der Waals surface area contributed by atoms with Gasteiger partial charge in [-0.25, -0.2) is 4.39 Å². The molecule has 23 heavy (non-hydrogen) atoms. The van der Waals surface area contributed by atoms with Gasteiger partial charge in [-0.1, -0.05) is 29.5 Å². The second-order valence-corrected chi connectivity index (χ2v) is 5.77. The maximum absolute atomic E-state index is 12.9. The molecule has 0 aliphatic carbocycles. The van der Waals surface area contributed by atoms with E-state index in [2.05, 4.69) is 20.3 Å². The Morgan fingerprint density at radius 1 is 1.04 bits per heavy atom. The number of hydrogen-bond acceptors (Lipinski definition) is 5. The van der Waals surface area contributed by atoms with Gasteiger partial charge >= 0.3 is 0 Å². The second kappa shape index (κ2) is 5.69. The Balaban J connectivity index is 1.67. The number of fused-ring (bicyclic) bond motifs is 1. The first kappa shape index (κ1) is 13.7. The van der Waals surface area contributed by atoms with Crippen molar-refractivity contribution in [1.29, 1.82) is 0 Å². The minimum atomic E-state index is -0.248. The fourth-order valence-corrected chi connectivity index (χ4v) is 2.86. The topological polar surface area (TPSA) is 56.0 Å². The van der Waals surface area contributed by atoms with E-state index in [4.69, 9.17) is 0 Å². The number of hydrogen-bond donors (Lipinski definition) is 0. The number of halogens is 1. The van der Waals surface area contributed by atoms with Gasteiger partial charge in [-0.3, -0.25) is 4.98 Å². The highest BCUT2D eigenvalue weighted by atomic mass is 32.1. The van der Waals surface area contributed by atoms with Gasteiger partial charge in [0.05, 0.1) is 0 Å². The average Bonchev–Trinajstić information content (AvgIpc) is 3.15. The summed E-state index contributed by atoms with van der Waals surface area (Å²) < 4.78 is 14.6. The van der Waals surface area contributed by atoms with Gasteiger partial charge in [-0.15, -0.1) is 10.2 Å². The Morgan fingerprint density at radius 2 is 1.91 bits per heavy atom. The van der Waals surface area contributed by atoms with Crippen LogP contribution in [0, 0.1) is 5.82 Å². The van der Waals surface area contributed by atoms with Crippen molar-refractivity contribution >= 4 is 28.4 Å². The predicted octanol–water partition coefficient (Wildman–Crippen LogP) is 3.56. The fraction of sp³-hybridized carbons (Fsp3) is 0. The summed E-state index contributed by atoms with van der Waals surface area (Å²) in [6.45, 7) is 0. The van der Waals surface area contributed by atoms with Crippen molar-refractivity contribution in [3.05, 3.63) is 65.2 Å². The molecule has 4 aromatic rings. The quantitative estimate of drug-likeness (QED) is 0.578. The Morgan fingerprint density at radius 3 is 2.70 bits per heavy atom. The maximum Gasteiger partial charge on any atom is 0.235 e. The second-order valence-electron chi connectivity index (χ2n) is 4.78. The van der Waals surface area contributed by atoms with Crippen LogP contribution in [-0.2, 0) is 0 Å². The van der Waals surface area contributed by atoms with Crippen LogP contribution in [-0.4, -0.2) is 24.8 Å². The molecule has 1 aromatic carbocycles. The van der Waals surface area contributed by atoms with Crippen LogP contribution in [0.15, 0.2) is 48.8 Å². The molecule has 3 aromatic heterocycles.